The smallest absolute Gasteiger partial charge is 0.306 e. The van der Waals surface area contributed by atoms with E-state index in [1.807, 2.05) is 0 Å². The number of nitrogens with zero attached hydrogens (tertiary/aromatic N) is 1. The Balaban J connectivity index is 2.21. The molecule has 3 N–H and O–H groups in total. The van der Waals surface area contributed by atoms with Crippen LogP contribution in [0.3, 0.4) is 0 Å². The third-order valence-electron chi connectivity index (χ3n) is 4.31. The first kappa shape index (κ1) is 18.8. The maximum atomic E-state index is 12.7. The minimum Gasteiger partial charge on any atom is -0.508 e. The van der Waals surface area contributed by atoms with Crippen LogP contribution < -0.4 is 5.73 Å². The molecule has 1 aliphatic heterocycles. The Labute approximate surface area is 147 Å². The van der Waals surface area contributed by atoms with E-state index in [1.54, 1.807) is 32.9 Å². The van der Waals surface area contributed by atoms with Crippen molar-refractivity contribution in [2.75, 3.05) is 0 Å². The van der Waals surface area contributed by atoms with E-state index in [0.29, 0.717) is 11.1 Å². The third-order valence-corrected chi connectivity index (χ3v) is 4.31. The number of fused-ring (bicyclic) bond motifs is 1. The van der Waals surface area contributed by atoms with E-state index in [0.717, 1.165) is 0 Å². The van der Waals surface area contributed by atoms with Gasteiger partial charge in [0, 0.05) is 17.5 Å². The molecule has 2 rings (SSSR count). The SMILES string of the molecule is BC(CCC(=O)OC(C)(C)C)(C(N)=O)N1Cc2c(O)cccc2C1=O. The fraction of sp³-hybridized carbons (Fsp3) is 0.471. The van der Waals surface area contributed by atoms with Crippen LogP contribution in [0.2, 0.25) is 0 Å². The Hall–Kier alpha value is -2.51. The topological polar surface area (TPSA) is 110 Å². The van der Waals surface area contributed by atoms with Gasteiger partial charge in [0.2, 0.25) is 5.91 Å². The lowest BCUT2D eigenvalue weighted by molar-refractivity contribution is -0.155. The number of hydrogen-bond acceptors (Lipinski definition) is 5. The van der Waals surface area contributed by atoms with Crippen molar-refractivity contribution in [1.82, 2.24) is 4.90 Å². The zero-order valence-electron chi connectivity index (χ0n) is 15.0. The van der Waals surface area contributed by atoms with E-state index in [4.69, 9.17) is 10.5 Å². The number of primary amides is 1. The highest BCUT2D eigenvalue weighted by Gasteiger charge is 2.45. The predicted molar refractivity (Wildman–Crippen MR) is 93.5 cm³/mol. The van der Waals surface area contributed by atoms with Crippen LogP contribution >= 0.6 is 0 Å². The number of nitrogens with two attached hydrogens (primary N) is 1. The molecule has 0 fully saturated rings. The normalized spacial score (nSPS) is 16.3. The number of ether oxygens (including phenoxy) is 1. The number of carbonyl (C=O) groups is 3. The summed E-state index contributed by atoms with van der Waals surface area (Å²) in [6, 6.07) is 4.64. The molecule has 25 heavy (non-hydrogen) atoms. The summed E-state index contributed by atoms with van der Waals surface area (Å²) < 4.78 is 5.25. The molecule has 0 aliphatic carbocycles. The van der Waals surface area contributed by atoms with Crippen molar-refractivity contribution in [2.45, 2.75) is 51.2 Å². The van der Waals surface area contributed by atoms with Crippen LogP contribution in [0, 0.1) is 0 Å². The number of amides is 2. The molecule has 0 saturated heterocycles. The number of esters is 1. The van der Waals surface area contributed by atoms with Crippen molar-refractivity contribution in [1.29, 1.82) is 0 Å². The molecule has 7 nitrogen and oxygen atoms in total. The van der Waals surface area contributed by atoms with E-state index in [2.05, 4.69) is 0 Å². The van der Waals surface area contributed by atoms with Crippen LogP contribution in [0.4, 0.5) is 0 Å². The van der Waals surface area contributed by atoms with Gasteiger partial charge in [0.05, 0.1) is 12.0 Å². The zero-order chi connectivity index (χ0) is 19.0. The summed E-state index contributed by atoms with van der Waals surface area (Å²) in [4.78, 5) is 38.1. The highest BCUT2D eigenvalue weighted by Crippen LogP contribution is 2.35. The predicted octanol–water partition coefficient (Wildman–Crippen LogP) is 0.285. The molecule has 8 heteroatoms. The number of rotatable bonds is 5. The molecule has 1 aromatic carbocycles. The standard InChI is InChI=1S/C17H23BN2O5/c1-16(2,3)25-13(22)7-8-17(18,15(19)24)20-9-11-10(14(20)23)5-4-6-12(11)21/h4-6,21H,7-9,18H2,1-3H3,(H2,19,24). The Morgan fingerprint density at radius 1 is 1.36 bits per heavy atom. The molecule has 1 heterocycles. The molecule has 1 atom stereocenters. The van der Waals surface area contributed by atoms with Gasteiger partial charge in [-0.2, -0.15) is 0 Å². The van der Waals surface area contributed by atoms with Gasteiger partial charge < -0.3 is 20.5 Å². The first-order valence-corrected chi connectivity index (χ1v) is 8.10. The molecule has 1 aromatic rings. The molecule has 0 radical (unpaired) electrons. The molecular formula is C17H23BN2O5. The minimum absolute atomic E-state index is 0.00712. The molecule has 2 amide bonds. The highest BCUT2D eigenvalue weighted by atomic mass is 16.6. The average Bonchev–Trinajstić information content (AvgIpc) is 2.82. The lowest BCUT2D eigenvalue weighted by atomic mass is 9.72. The maximum absolute atomic E-state index is 12.7. The summed E-state index contributed by atoms with van der Waals surface area (Å²) in [6.07, 6.45) is -0.0133. The lowest BCUT2D eigenvalue weighted by Gasteiger charge is -2.36. The largest absolute Gasteiger partial charge is 0.508 e. The Bertz CT molecular complexity index is 728. The summed E-state index contributed by atoms with van der Waals surface area (Å²) in [5, 5.41) is 9.95. The Morgan fingerprint density at radius 2 is 2.00 bits per heavy atom. The average molecular weight is 346 g/mol. The van der Waals surface area contributed by atoms with Gasteiger partial charge in [0.25, 0.3) is 5.91 Å². The van der Waals surface area contributed by atoms with Crippen LogP contribution in [0.5, 0.6) is 5.75 Å². The molecule has 1 aliphatic rings. The quantitative estimate of drug-likeness (QED) is 0.588. The number of phenols is 1. The van der Waals surface area contributed by atoms with Gasteiger partial charge in [0.15, 0.2) is 0 Å². The minimum atomic E-state index is -1.36. The number of phenolic OH excluding ortho intramolecular Hbond substituents is 1. The van der Waals surface area contributed by atoms with Crippen LogP contribution in [0.1, 0.15) is 49.5 Å². The Kier molecular flexibility index (Phi) is 4.84. The van der Waals surface area contributed by atoms with E-state index in [1.165, 1.54) is 18.8 Å². The molecule has 1 unspecified atom stereocenters. The highest BCUT2D eigenvalue weighted by molar-refractivity contribution is 6.30. The van der Waals surface area contributed by atoms with E-state index in [9.17, 15) is 19.5 Å². The summed E-state index contributed by atoms with van der Waals surface area (Å²) in [5.41, 5.74) is 4.35. The molecule has 0 aromatic heterocycles. The zero-order valence-corrected chi connectivity index (χ0v) is 15.0. The number of hydrogen-bond donors (Lipinski definition) is 2. The van der Waals surface area contributed by atoms with Gasteiger partial charge in [-0.15, -0.1) is 0 Å². The Morgan fingerprint density at radius 3 is 2.52 bits per heavy atom. The number of benzene rings is 1. The number of aromatic hydroxyl groups is 1. The fourth-order valence-electron chi connectivity index (χ4n) is 2.84. The van der Waals surface area contributed by atoms with Crippen LogP contribution in [0.25, 0.3) is 0 Å². The summed E-state index contributed by atoms with van der Waals surface area (Å²) in [7, 11) is 1.53. The van der Waals surface area contributed by atoms with Crippen molar-refractivity contribution >= 4 is 25.6 Å². The molecular weight excluding hydrogens is 323 g/mol. The van der Waals surface area contributed by atoms with E-state index < -0.39 is 28.8 Å². The van der Waals surface area contributed by atoms with Crippen molar-refractivity contribution in [3.05, 3.63) is 29.3 Å². The van der Waals surface area contributed by atoms with E-state index >= 15 is 0 Å². The van der Waals surface area contributed by atoms with Crippen LogP contribution in [0.15, 0.2) is 18.2 Å². The third kappa shape index (κ3) is 3.78. The summed E-state index contributed by atoms with van der Waals surface area (Å²) in [5.74, 6) is -1.58. The molecule has 0 spiro atoms. The summed E-state index contributed by atoms with van der Waals surface area (Å²) in [6.45, 7) is 5.32. The van der Waals surface area contributed by atoms with Crippen LogP contribution in [-0.2, 0) is 20.9 Å². The molecule has 134 valence electrons. The monoisotopic (exact) mass is 346 g/mol. The first-order chi connectivity index (χ1) is 11.5. The van der Waals surface area contributed by atoms with Gasteiger partial charge in [-0.25, -0.2) is 0 Å². The van der Waals surface area contributed by atoms with Crippen LogP contribution in [-0.4, -0.2) is 46.7 Å². The first-order valence-electron chi connectivity index (χ1n) is 8.10. The lowest BCUT2D eigenvalue weighted by Crippen LogP contribution is -2.58. The second kappa shape index (κ2) is 6.42. The van der Waals surface area contributed by atoms with Gasteiger partial charge in [0.1, 0.15) is 19.2 Å². The van der Waals surface area contributed by atoms with E-state index in [-0.39, 0.29) is 25.1 Å². The van der Waals surface area contributed by atoms with Crippen molar-refractivity contribution in [2.24, 2.45) is 5.73 Å². The maximum Gasteiger partial charge on any atom is 0.306 e. The van der Waals surface area contributed by atoms with Crippen molar-refractivity contribution in [3.63, 3.8) is 0 Å². The van der Waals surface area contributed by atoms with Gasteiger partial charge >= 0.3 is 5.97 Å². The fourth-order valence-corrected chi connectivity index (χ4v) is 2.84. The van der Waals surface area contributed by atoms with Gasteiger partial charge in [-0.3, -0.25) is 14.4 Å². The molecule has 0 saturated carbocycles. The second-order valence-electron chi connectivity index (χ2n) is 7.42. The van der Waals surface area contributed by atoms with Gasteiger partial charge in [-0.05, 0) is 39.3 Å². The summed E-state index contributed by atoms with van der Waals surface area (Å²) >= 11 is 0. The van der Waals surface area contributed by atoms with Gasteiger partial charge in [-0.1, -0.05) is 6.07 Å². The van der Waals surface area contributed by atoms with Crippen molar-refractivity contribution < 1.29 is 24.2 Å². The second-order valence-corrected chi connectivity index (χ2v) is 7.42. The van der Waals surface area contributed by atoms with Crippen molar-refractivity contribution in [3.8, 4) is 5.75 Å². The molecule has 0 bridgehead atoms. The number of carbonyl (C=O) groups excluding carboxylic acids is 3.